The second-order valence-electron chi connectivity index (χ2n) is 18.1. The van der Waals surface area contributed by atoms with Gasteiger partial charge >= 0.3 is 0 Å². The number of nitrogens with zero attached hydrogens (tertiary/aromatic N) is 3. The van der Waals surface area contributed by atoms with Crippen LogP contribution >= 0.6 is 11.3 Å². The molecular weight excluding hydrogens is 816 g/mol. The van der Waals surface area contributed by atoms with Gasteiger partial charge in [0.1, 0.15) is 34.1 Å². The Balaban J connectivity index is 1.15. The maximum Gasteiger partial charge on any atom is 0.240 e. The summed E-state index contributed by atoms with van der Waals surface area (Å²) >= 11 is 1.50. The largest absolute Gasteiger partial charge is 0.496 e. The van der Waals surface area contributed by atoms with Gasteiger partial charge in [0, 0.05) is 41.2 Å². The van der Waals surface area contributed by atoms with Crippen LogP contribution in [0.15, 0.2) is 60.0 Å². The molecule has 3 fully saturated rings. The topological polar surface area (TPSA) is 145 Å². The summed E-state index contributed by atoms with van der Waals surface area (Å²) in [7, 11) is -2.34. The minimum Gasteiger partial charge on any atom is -0.496 e. The van der Waals surface area contributed by atoms with Crippen LogP contribution in [0.5, 0.6) is 11.5 Å². The number of benzene rings is 2. The number of carbonyl (C=O) groups is 3. The first-order valence-corrected chi connectivity index (χ1v) is 23.9. The van der Waals surface area contributed by atoms with Crippen LogP contribution < -0.4 is 14.2 Å². The van der Waals surface area contributed by atoms with E-state index in [4.69, 9.17) is 19.4 Å². The van der Waals surface area contributed by atoms with Crippen molar-refractivity contribution in [2.45, 2.75) is 121 Å². The number of thiazole rings is 1. The summed E-state index contributed by atoms with van der Waals surface area (Å²) in [6.07, 6.45) is 8.88. The fourth-order valence-electron chi connectivity index (χ4n) is 8.98. The zero-order valence-electron chi connectivity index (χ0n) is 35.5. The van der Waals surface area contributed by atoms with E-state index in [1.165, 1.54) is 23.5 Å². The molecule has 14 heteroatoms. The number of fused-ring (bicyclic) bond motifs is 3. The number of pyridine rings is 1. The second-order valence-corrected chi connectivity index (χ2v) is 21.2. The van der Waals surface area contributed by atoms with Gasteiger partial charge in [0.2, 0.25) is 21.8 Å². The highest BCUT2D eigenvalue weighted by Crippen LogP contribution is 2.58. The number of aryl methyl sites for hydroxylation is 1. The monoisotopic (exact) mass is 870 g/mol. The van der Waals surface area contributed by atoms with Gasteiger partial charge in [0.25, 0.3) is 0 Å². The van der Waals surface area contributed by atoms with Crippen LogP contribution in [0.3, 0.4) is 0 Å². The van der Waals surface area contributed by atoms with Gasteiger partial charge in [-0.3, -0.25) is 19.1 Å². The van der Waals surface area contributed by atoms with Crippen LogP contribution in [-0.4, -0.2) is 71.4 Å². The SMILES string of the molecule is COc1ccc2c(O[C@@H]3C[C@H]4C(=O)C[C@]5(C(=O)NS(=O)(=O)C6(C)CC6)C[C@@H]5/C=C\CCCCC[C@H](Cc5ccc(F)cc5)C(=O)N4C3)cc(-c3nc(C(C)C)cs3)nc2c1C. The molecule has 11 nitrogen and oxygen atoms in total. The maximum absolute atomic E-state index is 15.0. The van der Waals surface area contributed by atoms with E-state index in [0.29, 0.717) is 54.8 Å². The molecule has 2 saturated carbocycles. The Morgan fingerprint density at radius 3 is 2.54 bits per heavy atom. The third kappa shape index (κ3) is 8.71. The summed E-state index contributed by atoms with van der Waals surface area (Å²) in [6.45, 7) is 7.86. The normalized spacial score (nSPS) is 25.9. The Morgan fingerprint density at radius 1 is 1.07 bits per heavy atom. The number of ketones is 1. The molecule has 4 aromatic rings. The van der Waals surface area contributed by atoms with E-state index in [1.807, 2.05) is 42.7 Å². The number of carbonyl (C=O) groups excluding carboxylic acids is 3. The highest BCUT2D eigenvalue weighted by atomic mass is 32.2. The molecule has 4 heterocycles. The van der Waals surface area contributed by atoms with Crippen molar-refractivity contribution in [2.75, 3.05) is 13.7 Å². The molecule has 2 aliphatic carbocycles. The fourth-order valence-corrected chi connectivity index (χ4v) is 11.3. The van der Waals surface area contributed by atoms with Gasteiger partial charge in [-0.15, -0.1) is 11.3 Å². The lowest BCUT2D eigenvalue weighted by molar-refractivity contribution is -0.142. The Morgan fingerprint density at radius 2 is 1.84 bits per heavy atom. The predicted molar refractivity (Wildman–Crippen MR) is 233 cm³/mol. The van der Waals surface area contributed by atoms with Crippen molar-refractivity contribution in [1.82, 2.24) is 19.6 Å². The van der Waals surface area contributed by atoms with Gasteiger partial charge < -0.3 is 14.4 Å². The molecule has 324 valence electrons. The highest BCUT2D eigenvalue weighted by molar-refractivity contribution is 7.91. The van der Waals surface area contributed by atoms with Gasteiger partial charge in [0.15, 0.2) is 5.78 Å². The van der Waals surface area contributed by atoms with E-state index in [9.17, 15) is 27.2 Å². The lowest BCUT2D eigenvalue weighted by atomic mass is 9.90. The number of hydrogen-bond donors (Lipinski definition) is 1. The minimum atomic E-state index is -3.95. The molecule has 2 aromatic heterocycles. The van der Waals surface area contributed by atoms with Crippen molar-refractivity contribution < 1.29 is 36.7 Å². The van der Waals surface area contributed by atoms with Crippen molar-refractivity contribution in [3.63, 3.8) is 0 Å². The molecule has 2 amide bonds. The van der Waals surface area contributed by atoms with Gasteiger partial charge in [-0.05, 0) is 100 Å². The minimum absolute atomic E-state index is 0.119. The second kappa shape index (κ2) is 16.9. The third-order valence-electron chi connectivity index (χ3n) is 13.4. The number of sulfonamides is 1. The van der Waals surface area contributed by atoms with E-state index >= 15 is 0 Å². The lowest BCUT2D eigenvalue weighted by Gasteiger charge is -2.29. The van der Waals surface area contributed by atoms with E-state index in [-0.39, 0.29) is 48.7 Å². The number of ether oxygens (including phenoxy) is 2. The molecular formula is C47H55FN4O7S2. The number of halogens is 1. The molecule has 2 aromatic carbocycles. The molecule has 0 bridgehead atoms. The highest BCUT2D eigenvalue weighted by Gasteiger charge is 2.62. The summed E-state index contributed by atoms with van der Waals surface area (Å²) in [6, 6.07) is 10.9. The van der Waals surface area contributed by atoms with Crippen molar-refractivity contribution >= 4 is 49.9 Å². The maximum atomic E-state index is 15.0. The molecule has 8 rings (SSSR count). The molecule has 0 unspecified atom stereocenters. The average Bonchev–Trinajstić information content (AvgIpc) is 4.00. The first-order valence-electron chi connectivity index (χ1n) is 21.5. The van der Waals surface area contributed by atoms with Crippen molar-refractivity contribution in [3.05, 3.63) is 82.6 Å². The van der Waals surface area contributed by atoms with Crippen LogP contribution in [0.4, 0.5) is 4.39 Å². The van der Waals surface area contributed by atoms with E-state index in [1.54, 1.807) is 31.1 Å². The Kier molecular flexibility index (Phi) is 11.9. The summed E-state index contributed by atoms with van der Waals surface area (Å²) in [5.74, 6) is -0.878. The number of methoxy groups -OCH3 is 1. The zero-order valence-corrected chi connectivity index (χ0v) is 37.2. The smallest absolute Gasteiger partial charge is 0.240 e. The van der Waals surface area contributed by atoms with Gasteiger partial charge in [-0.1, -0.05) is 51.0 Å². The standard InChI is InChI=1S/C47H55FN4O7S2/c1-28(2)37-27-60-43(50-37)36-23-41(35-17-18-40(58-5)29(3)42(35)49-36)59-34-22-38-39(53)25-47(45(55)51-61(56,57)46(4)19-20-46)24-32(47)12-10-8-6-7-9-11-31(44(54)52(38)26-34)21-30-13-15-33(48)16-14-30/h10,12-18,23,27-28,31-32,34,38H,6-9,11,19-22,24-26H2,1-5H3,(H,51,55)/b12-10-/t31-,32+,34-,38+,47-/m1/s1. The molecule has 5 atom stereocenters. The summed E-state index contributed by atoms with van der Waals surface area (Å²) < 4.78 is 54.5. The van der Waals surface area contributed by atoms with E-state index < -0.39 is 44.2 Å². The van der Waals surface area contributed by atoms with Crippen LogP contribution in [0.2, 0.25) is 0 Å². The third-order valence-corrected chi connectivity index (χ3v) is 16.4. The quantitative estimate of drug-likeness (QED) is 0.155. The van der Waals surface area contributed by atoms with Crippen LogP contribution in [0, 0.1) is 30.0 Å². The number of Topliss-reactive ketones (excluding diaryl/α,β-unsaturated/α-hetero) is 1. The number of hydrogen-bond acceptors (Lipinski definition) is 10. The van der Waals surface area contributed by atoms with E-state index in [0.717, 1.165) is 52.9 Å². The molecule has 4 aliphatic rings. The predicted octanol–water partition coefficient (Wildman–Crippen LogP) is 8.63. The Bertz CT molecular complexity index is 2480. The zero-order chi connectivity index (χ0) is 43.3. The van der Waals surface area contributed by atoms with Gasteiger partial charge in [-0.25, -0.2) is 22.8 Å². The van der Waals surface area contributed by atoms with Gasteiger partial charge in [0.05, 0.1) is 41.1 Å². The molecule has 0 radical (unpaired) electrons. The molecule has 1 saturated heterocycles. The number of amides is 2. The molecule has 1 N–H and O–H groups in total. The fraction of sp³-hybridized carbons (Fsp3) is 0.511. The number of aromatic nitrogens is 2. The molecule has 61 heavy (non-hydrogen) atoms. The Hall–Kier alpha value is -4.69. The van der Waals surface area contributed by atoms with Crippen LogP contribution in [0.1, 0.15) is 108 Å². The molecule has 2 aliphatic heterocycles. The van der Waals surface area contributed by atoms with Crippen molar-refractivity contribution in [3.8, 4) is 22.2 Å². The lowest BCUT2D eigenvalue weighted by Crippen LogP contribution is -2.47. The number of rotatable bonds is 10. The summed E-state index contributed by atoms with van der Waals surface area (Å²) in [5, 5.41) is 3.51. The first-order chi connectivity index (χ1) is 29.1. The summed E-state index contributed by atoms with van der Waals surface area (Å²) in [5.41, 5.74) is 2.67. The average molecular weight is 871 g/mol. The van der Waals surface area contributed by atoms with Crippen LogP contribution in [-0.2, 0) is 30.8 Å². The summed E-state index contributed by atoms with van der Waals surface area (Å²) in [4.78, 5) is 55.4. The van der Waals surface area contributed by atoms with Crippen molar-refractivity contribution in [2.24, 2.45) is 17.3 Å². The molecule has 0 spiro atoms. The van der Waals surface area contributed by atoms with E-state index in [2.05, 4.69) is 18.6 Å². The van der Waals surface area contributed by atoms with Crippen molar-refractivity contribution in [1.29, 1.82) is 0 Å². The number of allylic oxidation sites excluding steroid dienone is 2. The van der Waals surface area contributed by atoms with Gasteiger partial charge in [-0.2, -0.15) is 0 Å². The first kappa shape index (κ1) is 43.0. The Labute approximate surface area is 361 Å². The number of nitrogens with one attached hydrogen (secondary N) is 1. The van der Waals surface area contributed by atoms with Crippen LogP contribution in [0.25, 0.3) is 21.6 Å².